The molecule has 1 aromatic heterocycles. The smallest absolute Gasteiger partial charge is 0.176 e. The summed E-state index contributed by atoms with van der Waals surface area (Å²) < 4.78 is 33.0. The van der Waals surface area contributed by atoms with Gasteiger partial charge in [-0.25, -0.2) is 13.0 Å². The molecule has 2 N–H and O–H groups in total. The van der Waals surface area contributed by atoms with E-state index < -0.39 is 22.0 Å². The van der Waals surface area contributed by atoms with Crippen LogP contribution in [0.2, 0.25) is 0 Å². The summed E-state index contributed by atoms with van der Waals surface area (Å²) >= 11 is 0. The lowest BCUT2D eigenvalue weighted by molar-refractivity contribution is -0.703. The highest BCUT2D eigenvalue weighted by Gasteiger charge is 2.09. The minimum Gasteiger partial charge on any atom is -0.748 e. The second-order valence-electron chi connectivity index (χ2n) is 3.75. The lowest BCUT2D eigenvalue weighted by Crippen LogP contribution is -2.40. The molecule has 0 bridgehead atoms. The number of aryl methyl sites for hydroxylation is 1. The van der Waals surface area contributed by atoms with E-state index in [0.29, 0.717) is 0 Å². The third-order valence-electron chi connectivity index (χ3n) is 2.23. The molecule has 0 radical (unpaired) electrons. The molecule has 0 unspecified atom stereocenters. The predicted octanol–water partition coefficient (Wildman–Crippen LogP) is -1.58. The van der Waals surface area contributed by atoms with Gasteiger partial charge in [-0.2, -0.15) is 0 Å². The van der Waals surface area contributed by atoms with Crippen LogP contribution in [-0.2, 0) is 23.1 Å². The normalized spacial score (nSPS) is 13.6. The van der Waals surface area contributed by atoms with E-state index in [1.165, 1.54) is 0 Å². The Morgan fingerprint density at radius 1 is 1.35 bits per heavy atom. The molecule has 0 aromatic carbocycles. The Kier molecular flexibility index (Phi) is 5.01. The first kappa shape index (κ1) is 14.0. The number of hydrogen-bond donors (Lipinski definition) is 2. The van der Waals surface area contributed by atoms with E-state index >= 15 is 0 Å². The fourth-order valence-corrected chi connectivity index (χ4v) is 1.81. The van der Waals surface area contributed by atoms with E-state index in [2.05, 4.69) is 0 Å². The Morgan fingerprint density at radius 3 is 2.41 bits per heavy atom. The van der Waals surface area contributed by atoms with Gasteiger partial charge in [0.1, 0.15) is 6.10 Å². The van der Waals surface area contributed by atoms with E-state index in [-0.39, 0.29) is 19.6 Å². The Labute approximate surface area is 99.9 Å². The number of hydrogen-bond acceptors (Lipinski definition) is 5. The summed E-state index contributed by atoms with van der Waals surface area (Å²) in [6.07, 6.45) is 2.67. The van der Waals surface area contributed by atoms with Gasteiger partial charge in [0.15, 0.2) is 18.9 Å². The van der Waals surface area contributed by atoms with Gasteiger partial charge in [0.05, 0.1) is 16.7 Å². The Hall–Kier alpha value is -1.02. The Morgan fingerprint density at radius 2 is 1.94 bits per heavy atom. The Bertz CT molecular complexity index is 442. The van der Waals surface area contributed by atoms with Gasteiger partial charge in [-0.3, -0.25) is 0 Å². The molecule has 1 aromatic rings. The second-order valence-corrected chi connectivity index (χ2v) is 5.27. The number of aliphatic hydroxyl groups is 2. The second kappa shape index (κ2) is 6.06. The fraction of sp³-hybridized carbons (Fsp3) is 0.500. The molecule has 1 heterocycles. The number of pyridine rings is 1. The van der Waals surface area contributed by atoms with Crippen molar-refractivity contribution in [3.05, 3.63) is 30.1 Å². The molecule has 0 aliphatic carbocycles. The van der Waals surface area contributed by atoms with E-state index in [0.717, 1.165) is 5.56 Å². The molecule has 0 saturated heterocycles. The van der Waals surface area contributed by atoms with Crippen molar-refractivity contribution in [3.8, 4) is 0 Å². The van der Waals surface area contributed by atoms with E-state index in [1.54, 1.807) is 29.1 Å². The van der Waals surface area contributed by atoms with Crippen molar-refractivity contribution in [2.24, 2.45) is 0 Å². The van der Waals surface area contributed by atoms with Gasteiger partial charge in [-0.15, -0.1) is 0 Å². The van der Waals surface area contributed by atoms with E-state index in [9.17, 15) is 18.1 Å². The molecule has 6 nitrogen and oxygen atoms in total. The predicted molar refractivity (Wildman–Crippen MR) is 58.0 cm³/mol. The summed E-state index contributed by atoms with van der Waals surface area (Å²) in [6.45, 7) is -0.0557. The highest BCUT2D eigenvalue weighted by atomic mass is 32.2. The van der Waals surface area contributed by atoms with Crippen molar-refractivity contribution in [3.63, 3.8) is 0 Å². The van der Waals surface area contributed by atoms with Crippen LogP contribution in [0, 0.1) is 0 Å². The first-order chi connectivity index (χ1) is 7.90. The standard InChI is InChI=1S/C10H15NO5S/c12-8-10(13)7-11-4-1-9(2-5-11)3-6-17(14,15)16/h1-2,4-5,10,12-13H,3,6-8H2/t10-/m0/s1. The molecule has 0 saturated carbocycles. The van der Waals surface area contributed by atoms with Crippen molar-refractivity contribution in [1.29, 1.82) is 0 Å². The van der Waals surface area contributed by atoms with Gasteiger partial charge in [-0.05, 0) is 12.0 Å². The first-order valence-electron chi connectivity index (χ1n) is 5.11. The Balaban J connectivity index is 2.56. The van der Waals surface area contributed by atoms with E-state index in [1.807, 2.05) is 0 Å². The molecule has 96 valence electrons. The van der Waals surface area contributed by atoms with Gasteiger partial charge in [0.2, 0.25) is 0 Å². The van der Waals surface area contributed by atoms with Gasteiger partial charge < -0.3 is 14.8 Å². The van der Waals surface area contributed by atoms with Crippen LogP contribution in [0.4, 0.5) is 0 Å². The van der Waals surface area contributed by atoms with Crippen LogP contribution < -0.4 is 4.57 Å². The topological polar surface area (TPSA) is 102 Å². The van der Waals surface area contributed by atoms with Crippen LogP contribution in [0.3, 0.4) is 0 Å². The zero-order valence-electron chi connectivity index (χ0n) is 9.19. The molecule has 0 aliphatic heterocycles. The average molecular weight is 261 g/mol. The largest absolute Gasteiger partial charge is 0.748 e. The number of nitrogens with zero attached hydrogens (tertiary/aromatic N) is 1. The molecule has 0 spiro atoms. The molecule has 0 fully saturated rings. The summed E-state index contributed by atoms with van der Waals surface area (Å²) in [6, 6.07) is 3.35. The summed E-state index contributed by atoms with van der Waals surface area (Å²) in [4.78, 5) is 0. The van der Waals surface area contributed by atoms with Gasteiger partial charge >= 0.3 is 0 Å². The van der Waals surface area contributed by atoms with Crippen LogP contribution in [0.5, 0.6) is 0 Å². The summed E-state index contributed by atoms with van der Waals surface area (Å²) in [7, 11) is -4.19. The minimum atomic E-state index is -4.19. The molecular weight excluding hydrogens is 246 g/mol. The van der Waals surface area contributed by atoms with Crippen LogP contribution >= 0.6 is 0 Å². The zero-order chi connectivity index (χ0) is 12.9. The summed E-state index contributed by atoms with van der Waals surface area (Å²) in [5.41, 5.74) is 0.735. The maximum absolute atomic E-state index is 10.4. The fourth-order valence-electron chi connectivity index (χ4n) is 1.32. The highest BCUT2D eigenvalue weighted by molar-refractivity contribution is 7.85. The minimum absolute atomic E-state index is 0.176. The van der Waals surface area contributed by atoms with Crippen molar-refractivity contribution >= 4 is 10.1 Å². The van der Waals surface area contributed by atoms with Crippen molar-refractivity contribution < 1.29 is 27.8 Å². The molecule has 7 heteroatoms. The van der Waals surface area contributed by atoms with Crippen molar-refractivity contribution in [2.75, 3.05) is 12.4 Å². The van der Waals surface area contributed by atoms with Gasteiger partial charge in [0.25, 0.3) is 0 Å². The number of aliphatic hydroxyl groups excluding tert-OH is 2. The lowest BCUT2D eigenvalue weighted by Gasteiger charge is -2.06. The van der Waals surface area contributed by atoms with E-state index in [4.69, 9.17) is 5.11 Å². The monoisotopic (exact) mass is 261 g/mol. The summed E-state index contributed by atoms with van der Waals surface area (Å²) in [5, 5.41) is 17.9. The molecule has 17 heavy (non-hydrogen) atoms. The maximum Gasteiger partial charge on any atom is 0.176 e. The molecular formula is C10H15NO5S. The van der Waals surface area contributed by atoms with Crippen LogP contribution in [0.15, 0.2) is 24.5 Å². The van der Waals surface area contributed by atoms with Crippen molar-refractivity contribution in [2.45, 2.75) is 19.1 Å². The third kappa shape index (κ3) is 5.73. The van der Waals surface area contributed by atoms with Gasteiger partial charge in [0, 0.05) is 17.9 Å². The molecule has 1 atom stereocenters. The molecule has 1 rings (SSSR count). The van der Waals surface area contributed by atoms with Crippen LogP contribution in [0.25, 0.3) is 0 Å². The summed E-state index contributed by atoms with van der Waals surface area (Å²) in [5.74, 6) is -0.420. The quantitative estimate of drug-likeness (QED) is 0.475. The third-order valence-corrected chi connectivity index (χ3v) is 2.94. The number of aromatic nitrogens is 1. The molecule has 0 amide bonds. The van der Waals surface area contributed by atoms with Crippen molar-refractivity contribution in [1.82, 2.24) is 0 Å². The highest BCUT2D eigenvalue weighted by Crippen LogP contribution is 1.99. The SMILES string of the molecule is O=S(=O)([O-])CCc1cc[n+](C[C@H](O)CO)cc1. The molecule has 0 aliphatic rings. The first-order valence-corrected chi connectivity index (χ1v) is 6.69. The lowest BCUT2D eigenvalue weighted by atomic mass is 10.2. The van der Waals surface area contributed by atoms with Crippen LogP contribution in [0.1, 0.15) is 5.56 Å². The van der Waals surface area contributed by atoms with Crippen LogP contribution in [-0.4, -0.2) is 41.6 Å². The maximum atomic E-state index is 10.4. The average Bonchev–Trinajstić information content (AvgIpc) is 2.27. The van der Waals surface area contributed by atoms with Gasteiger partial charge in [-0.1, -0.05) is 0 Å². The number of rotatable bonds is 6. The zero-order valence-corrected chi connectivity index (χ0v) is 10.0.